The number of aromatic nitrogens is 1. The van der Waals surface area contributed by atoms with Crippen LogP contribution in [0.1, 0.15) is 24.4 Å². The molecule has 1 saturated heterocycles. The Labute approximate surface area is 117 Å². The first-order valence-electron chi connectivity index (χ1n) is 6.25. The van der Waals surface area contributed by atoms with Gasteiger partial charge in [0.1, 0.15) is 0 Å². The third-order valence-corrected chi connectivity index (χ3v) is 2.96. The molecule has 0 aliphatic carbocycles. The number of aliphatic carboxylic acids is 2. The van der Waals surface area contributed by atoms with Crippen LogP contribution in [-0.2, 0) is 9.59 Å². The van der Waals surface area contributed by atoms with Crippen LogP contribution in [-0.4, -0.2) is 45.6 Å². The van der Waals surface area contributed by atoms with Gasteiger partial charge >= 0.3 is 11.9 Å². The van der Waals surface area contributed by atoms with Gasteiger partial charge in [0.05, 0.1) is 0 Å². The molecule has 0 unspecified atom stereocenters. The lowest BCUT2D eigenvalue weighted by molar-refractivity contribution is -0.134. The van der Waals surface area contributed by atoms with E-state index >= 15 is 0 Å². The monoisotopic (exact) mass is 278 g/mol. The Morgan fingerprint density at radius 1 is 1.35 bits per heavy atom. The molecule has 1 aromatic heterocycles. The maximum atomic E-state index is 9.55. The minimum atomic E-state index is -1.26. The van der Waals surface area contributed by atoms with E-state index in [0.717, 1.165) is 0 Å². The van der Waals surface area contributed by atoms with Gasteiger partial charge in [-0.25, -0.2) is 9.59 Å². The van der Waals surface area contributed by atoms with Crippen LogP contribution in [0.25, 0.3) is 0 Å². The molecule has 20 heavy (non-hydrogen) atoms. The maximum absolute atomic E-state index is 9.55. The summed E-state index contributed by atoms with van der Waals surface area (Å²) >= 11 is 0. The summed E-state index contributed by atoms with van der Waals surface area (Å²) in [5.74, 6) is -2.51. The molecule has 0 radical (unpaired) electrons. The Bertz CT molecular complexity index is 457. The average molecular weight is 278 g/mol. The van der Waals surface area contributed by atoms with Crippen molar-refractivity contribution in [2.24, 2.45) is 0 Å². The number of nitrogens with zero attached hydrogens (tertiary/aromatic N) is 2. The van der Waals surface area contributed by atoms with E-state index < -0.39 is 11.9 Å². The van der Waals surface area contributed by atoms with E-state index in [9.17, 15) is 9.59 Å². The summed E-state index contributed by atoms with van der Waals surface area (Å²) in [6, 6.07) is 4.79. The normalized spacial score (nSPS) is 18.6. The van der Waals surface area contributed by atoms with Gasteiger partial charge < -0.3 is 10.2 Å². The summed E-state index contributed by atoms with van der Waals surface area (Å²) in [6.45, 7) is 1.22. The first kappa shape index (κ1) is 15.8. The van der Waals surface area contributed by atoms with Gasteiger partial charge in [-0.05, 0) is 38.1 Å². The van der Waals surface area contributed by atoms with Crippen molar-refractivity contribution in [3.8, 4) is 0 Å². The number of hydrogen-bond acceptors (Lipinski definition) is 4. The molecular formula is C14H18N2O4. The third-order valence-electron chi connectivity index (χ3n) is 2.96. The van der Waals surface area contributed by atoms with Crippen molar-refractivity contribution in [2.75, 3.05) is 13.6 Å². The van der Waals surface area contributed by atoms with Crippen molar-refractivity contribution in [1.82, 2.24) is 9.88 Å². The van der Waals surface area contributed by atoms with E-state index in [2.05, 4.69) is 23.0 Å². The largest absolute Gasteiger partial charge is 0.478 e. The lowest BCUT2D eigenvalue weighted by Gasteiger charge is -2.18. The summed E-state index contributed by atoms with van der Waals surface area (Å²) in [6.07, 6.45) is 7.52. The number of hydrogen-bond donors (Lipinski definition) is 2. The number of pyridine rings is 1. The van der Waals surface area contributed by atoms with Gasteiger partial charge in [0, 0.05) is 30.6 Å². The molecule has 2 N–H and O–H groups in total. The number of rotatable bonds is 3. The number of carboxylic acid groups (broad SMARTS) is 2. The lowest BCUT2D eigenvalue weighted by Crippen LogP contribution is -2.17. The number of likely N-dealkylation sites (tertiary alicyclic amines) is 1. The highest BCUT2D eigenvalue weighted by Gasteiger charge is 2.21. The predicted molar refractivity (Wildman–Crippen MR) is 73.3 cm³/mol. The first-order chi connectivity index (χ1) is 9.50. The minimum absolute atomic E-state index is 0.558. The summed E-state index contributed by atoms with van der Waals surface area (Å²) in [7, 11) is 2.19. The van der Waals surface area contributed by atoms with Crippen LogP contribution < -0.4 is 0 Å². The predicted octanol–water partition coefficient (Wildman–Crippen LogP) is 1.56. The van der Waals surface area contributed by atoms with Gasteiger partial charge in [-0.3, -0.25) is 9.88 Å². The molecule has 0 bridgehead atoms. The molecule has 1 aliphatic heterocycles. The van der Waals surface area contributed by atoms with Crippen molar-refractivity contribution in [3.05, 3.63) is 42.2 Å². The fourth-order valence-corrected chi connectivity index (χ4v) is 2.05. The zero-order valence-corrected chi connectivity index (χ0v) is 11.3. The SMILES string of the molecule is CN1CCC[C@H]1c1cccnc1.O=C(O)C=CC(=O)O. The second-order valence-corrected chi connectivity index (χ2v) is 4.43. The highest BCUT2D eigenvalue weighted by atomic mass is 16.4. The van der Waals surface area contributed by atoms with Crippen molar-refractivity contribution in [3.63, 3.8) is 0 Å². The van der Waals surface area contributed by atoms with Gasteiger partial charge in [-0.1, -0.05) is 6.07 Å². The molecule has 2 rings (SSSR count). The van der Waals surface area contributed by atoms with Crippen LogP contribution in [0.15, 0.2) is 36.7 Å². The molecule has 108 valence electrons. The van der Waals surface area contributed by atoms with E-state index in [1.807, 2.05) is 18.5 Å². The Balaban J connectivity index is 0.000000221. The Hall–Kier alpha value is -2.21. The van der Waals surface area contributed by atoms with Crippen molar-refractivity contribution in [2.45, 2.75) is 18.9 Å². The van der Waals surface area contributed by atoms with Crippen LogP contribution in [0.4, 0.5) is 0 Å². The average Bonchev–Trinajstić information content (AvgIpc) is 2.84. The fourth-order valence-electron chi connectivity index (χ4n) is 2.05. The van der Waals surface area contributed by atoms with Crippen LogP contribution >= 0.6 is 0 Å². The molecule has 0 amide bonds. The zero-order valence-electron chi connectivity index (χ0n) is 11.3. The van der Waals surface area contributed by atoms with Gasteiger partial charge in [0.15, 0.2) is 0 Å². The molecule has 0 saturated carbocycles. The van der Waals surface area contributed by atoms with E-state index in [-0.39, 0.29) is 0 Å². The standard InChI is InChI=1S/C10H14N2.C4H4O4/c1-12-7-3-5-10(12)9-4-2-6-11-8-9;5-3(6)1-2-4(7)8/h2,4,6,8,10H,3,5,7H2,1H3;1-2H,(H,5,6)(H,7,8)/t10-;/m0./s1. The lowest BCUT2D eigenvalue weighted by atomic mass is 10.1. The van der Waals surface area contributed by atoms with Gasteiger partial charge in [0.2, 0.25) is 0 Å². The van der Waals surface area contributed by atoms with Crippen molar-refractivity contribution >= 4 is 11.9 Å². The van der Waals surface area contributed by atoms with Gasteiger partial charge in [0.25, 0.3) is 0 Å². The molecule has 1 aromatic rings. The second-order valence-electron chi connectivity index (χ2n) is 4.43. The molecule has 1 fully saturated rings. The molecule has 6 nitrogen and oxygen atoms in total. The molecule has 6 heteroatoms. The Kier molecular flexibility index (Phi) is 6.39. The highest BCUT2D eigenvalue weighted by molar-refractivity contribution is 5.89. The Morgan fingerprint density at radius 3 is 2.40 bits per heavy atom. The maximum Gasteiger partial charge on any atom is 0.328 e. The first-order valence-corrected chi connectivity index (χ1v) is 6.25. The third kappa shape index (κ3) is 5.62. The van der Waals surface area contributed by atoms with Gasteiger partial charge in [-0.2, -0.15) is 0 Å². The summed E-state index contributed by atoms with van der Waals surface area (Å²) in [5.41, 5.74) is 1.36. The summed E-state index contributed by atoms with van der Waals surface area (Å²) in [5, 5.41) is 15.6. The molecule has 1 atom stereocenters. The van der Waals surface area contributed by atoms with Crippen molar-refractivity contribution < 1.29 is 19.8 Å². The quantitative estimate of drug-likeness (QED) is 0.815. The van der Waals surface area contributed by atoms with E-state index in [1.165, 1.54) is 24.9 Å². The van der Waals surface area contributed by atoms with Crippen LogP contribution in [0.3, 0.4) is 0 Å². The molecule has 0 aromatic carbocycles. The molecule has 2 heterocycles. The van der Waals surface area contributed by atoms with Crippen LogP contribution in [0, 0.1) is 0 Å². The molecule has 0 spiro atoms. The summed E-state index contributed by atoms with van der Waals surface area (Å²) < 4.78 is 0. The minimum Gasteiger partial charge on any atom is -0.478 e. The number of carboxylic acids is 2. The Morgan fingerprint density at radius 2 is 2.00 bits per heavy atom. The fraction of sp³-hybridized carbons (Fsp3) is 0.357. The smallest absolute Gasteiger partial charge is 0.328 e. The zero-order chi connectivity index (χ0) is 15.0. The highest BCUT2D eigenvalue weighted by Crippen LogP contribution is 2.29. The summed E-state index contributed by atoms with van der Waals surface area (Å²) in [4.78, 5) is 25.6. The second kappa shape index (κ2) is 8.06. The van der Waals surface area contributed by atoms with E-state index in [4.69, 9.17) is 10.2 Å². The van der Waals surface area contributed by atoms with E-state index in [1.54, 1.807) is 0 Å². The van der Waals surface area contributed by atoms with Crippen molar-refractivity contribution in [1.29, 1.82) is 0 Å². The van der Waals surface area contributed by atoms with Crippen LogP contribution in [0.2, 0.25) is 0 Å². The number of carbonyl (C=O) groups is 2. The molecule has 1 aliphatic rings. The van der Waals surface area contributed by atoms with Crippen LogP contribution in [0.5, 0.6) is 0 Å². The molecular weight excluding hydrogens is 260 g/mol. The van der Waals surface area contributed by atoms with E-state index in [0.29, 0.717) is 18.2 Å². The topological polar surface area (TPSA) is 90.7 Å². The van der Waals surface area contributed by atoms with Gasteiger partial charge in [-0.15, -0.1) is 0 Å².